The van der Waals surface area contributed by atoms with Crippen molar-refractivity contribution in [2.24, 2.45) is 5.92 Å². The molecule has 212 valence electrons. The zero-order valence-electron chi connectivity index (χ0n) is 24.0. The first-order chi connectivity index (χ1) is 20.2. The molecule has 3 aromatic rings. The van der Waals surface area contributed by atoms with Crippen molar-refractivity contribution in [1.82, 2.24) is 9.80 Å². The standard InChI is InChI=1S/C36H40N2O3/c1-39-29-16-15-25-21-31-36-18-17-28-33(30(41-36)23-37(28)22-24-9-4-2-5-10-24)35(36,19-20-38(31)26-11-8-12-26)32(25)34(29)40-27-13-6-3-7-14-27/h2-7,9-10,13-16,26,28,30-31,33H,8,11-12,17-23H2,1H3/t28?,30-,31?,33?,35?,36?/m1/s1. The Labute approximate surface area is 243 Å². The van der Waals surface area contributed by atoms with Crippen LogP contribution in [0.2, 0.25) is 0 Å². The molecule has 0 radical (unpaired) electrons. The van der Waals surface area contributed by atoms with E-state index in [1.807, 2.05) is 6.07 Å². The van der Waals surface area contributed by atoms with Crippen LogP contribution in [0.25, 0.3) is 0 Å². The first kappa shape index (κ1) is 24.7. The molecule has 0 N–H and O–H groups in total. The second kappa shape index (κ2) is 9.07. The van der Waals surface area contributed by atoms with Crippen LogP contribution in [-0.2, 0) is 23.1 Å². The van der Waals surface area contributed by atoms with Gasteiger partial charge in [0.2, 0.25) is 0 Å². The molecule has 5 nitrogen and oxygen atoms in total. The molecule has 4 bridgehead atoms. The van der Waals surface area contributed by atoms with Crippen LogP contribution >= 0.6 is 0 Å². The predicted molar refractivity (Wildman–Crippen MR) is 159 cm³/mol. The average molecular weight is 549 g/mol. The van der Waals surface area contributed by atoms with Gasteiger partial charge in [-0.25, -0.2) is 0 Å². The zero-order valence-corrected chi connectivity index (χ0v) is 24.0. The molecule has 6 aliphatic rings. The molecule has 3 aliphatic heterocycles. The molecule has 6 atom stereocenters. The number of ether oxygens (including phenoxy) is 3. The number of benzene rings is 3. The number of para-hydroxylation sites is 1. The molecule has 0 aromatic heterocycles. The molecular weight excluding hydrogens is 508 g/mol. The van der Waals surface area contributed by atoms with Crippen LogP contribution in [-0.4, -0.2) is 59.8 Å². The van der Waals surface area contributed by atoms with Gasteiger partial charge in [0.15, 0.2) is 11.5 Å². The monoisotopic (exact) mass is 548 g/mol. The summed E-state index contributed by atoms with van der Waals surface area (Å²) in [6, 6.07) is 27.5. The second-order valence-corrected chi connectivity index (χ2v) is 13.4. The van der Waals surface area contributed by atoms with Gasteiger partial charge >= 0.3 is 0 Å². The van der Waals surface area contributed by atoms with Gasteiger partial charge < -0.3 is 14.2 Å². The Balaban J connectivity index is 1.21. The highest BCUT2D eigenvalue weighted by atomic mass is 16.5. The Morgan fingerprint density at radius 2 is 1.73 bits per heavy atom. The Hall–Kier alpha value is -2.86. The van der Waals surface area contributed by atoms with Crippen molar-refractivity contribution in [2.75, 3.05) is 20.2 Å². The lowest BCUT2D eigenvalue weighted by molar-refractivity contribution is -0.185. The molecule has 9 rings (SSSR count). The van der Waals surface area contributed by atoms with E-state index in [4.69, 9.17) is 14.2 Å². The van der Waals surface area contributed by atoms with E-state index >= 15 is 0 Å². The van der Waals surface area contributed by atoms with E-state index in [0.717, 1.165) is 62.2 Å². The van der Waals surface area contributed by atoms with Crippen molar-refractivity contribution < 1.29 is 14.2 Å². The maximum atomic E-state index is 7.60. The molecule has 3 saturated heterocycles. The Bertz CT molecular complexity index is 1460. The summed E-state index contributed by atoms with van der Waals surface area (Å²) in [6.07, 6.45) is 8.86. The second-order valence-electron chi connectivity index (χ2n) is 13.4. The maximum Gasteiger partial charge on any atom is 0.173 e. The Kier molecular flexibility index (Phi) is 5.47. The normalized spacial score (nSPS) is 35.4. The summed E-state index contributed by atoms with van der Waals surface area (Å²) in [7, 11) is 1.79. The molecule has 5 heteroatoms. The lowest BCUT2D eigenvalue weighted by Gasteiger charge is -2.66. The lowest BCUT2D eigenvalue weighted by atomic mass is 9.46. The fourth-order valence-electron chi connectivity index (χ4n) is 10.3. The number of fused-ring (bicyclic) bond motifs is 1. The largest absolute Gasteiger partial charge is 0.493 e. The van der Waals surface area contributed by atoms with Gasteiger partial charge in [-0.3, -0.25) is 9.80 Å². The fraction of sp³-hybridized carbons (Fsp3) is 0.500. The molecule has 5 unspecified atom stereocenters. The minimum absolute atomic E-state index is 0.0663. The summed E-state index contributed by atoms with van der Waals surface area (Å²) in [6.45, 7) is 3.19. The lowest BCUT2D eigenvalue weighted by Crippen LogP contribution is -2.75. The van der Waals surface area contributed by atoms with Gasteiger partial charge in [-0.1, -0.05) is 61.0 Å². The van der Waals surface area contributed by atoms with E-state index in [-0.39, 0.29) is 17.1 Å². The topological polar surface area (TPSA) is 34.2 Å². The van der Waals surface area contributed by atoms with Gasteiger partial charge in [-0.05, 0) is 74.4 Å². The van der Waals surface area contributed by atoms with Crippen molar-refractivity contribution in [3.8, 4) is 17.2 Å². The summed E-state index contributed by atoms with van der Waals surface area (Å²) in [5.74, 6) is 3.12. The number of methoxy groups -OCH3 is 1. The highest BCUT2D eigenvalue weighted by molar-refractivity contribution is 5.62. The van der Waals surface area contributed by atoms with Crippen molar-refractivity contribution in [2.45, 2.75) is 86.7 Å². The number of nitrogens with zero attached hydrogens (tertiary/aromatic N) is 2. The Morgan fingerprint density at radius 3 is 2.49 bits per heavy atom. The molecular formula is C36H40N2O3. The smallest absolute Gasteiger partial charge is 0.173 e. The summed E-state index contributed by atoms with van der Waals surface area (Å²) in [5, 5.41) is 0. The van der Waals surface area contributed by atoms with Crippen LogP contribution in [0.5, 0.6) is 17.2 Å². The van der Waals surface area contributed by atoms with Gasteiger partial charge in [0, 0.05) is 48.1 Å². The zero-order chi connectivity index (χ0) is 27.2. The highest BCUT2D eigenvalue weighted by Gasteiger charge is 2.78. The SMILES string of the molecule is COc1ccc2c(c1Oc1ccccc1)C13CCN(C4CCC4)C(C2)C12CCC1C3[C@@H](CN1Cc1ccccc1)O2. The number of rotatable bonds is 6. The summed E-state index contributed by atoms with van der Waals surface area (Å²) < 4.78 is 20.5. The van der Waals surface area contributed by atoms with Crippen molar-refractivity contribution >= 4 is 0 Å². The fourth-order valence-corrected chi connectivity index (χ4v) is 10.3. The quantitative estimate of drug-likeness (QED) is 0.359. The van der Waals surface area contributed by atoms with Crippen molar-refractivity contribution in [3.05, 3.63) is 89.5 Å². The average Bonchev–Trinajstić information content (AvgIpc) is 3.39. The molecule has 3 heterocycles. The molecule has 3 aliphatic carbocycles. The molecule has 0 amide bonds. The minimum Gasteiger partial charge on any atom is -0.493 e. The first-order valence-electron chi connectivity index (χ1n) is 15.9. The van der Waals surface area contributed by atoms with Crippen LogP contribution in [0.3, 0.4) is 0 Å². The molecule has 0 spiro atoms. The Morgan fingerprint density at radius 1 is 0.927 bits per heavy atom. The van der Waals surface area contributed by atoms with Crippen LogP contribution in [0.1, 0.15) is 55.2 Å². The number of hydrogen-bond acceptors (Lipinski definition) is 5. The summed E-state index contributed by atoms with van der Waals surface area (Å²) >= 11 is 0. The summed E-state index contributed by atoms with van der Waals surface area (Å²) in [4.78, 5) is 5.65. The third-order valence-electron chi connectivity index (χ3n) is 11.9. The van der Waals surface area contributed by atoms with Crippen molar-refractivity contribution in [1.29, 1.82) is 0 Å². The van der Waals surface area contributed by atoms with Crippen LogP contribution in [0, 0.1) is 5.92 Å². The van der Waals surface area contributed by atoms with Crippen LogP contribution in [0.15, 0.2) is 72.8 Å². The molecule has 2 saturated carbocycles. The van der Waals surface area contributed by atoms with Gasteiger partial charge in [0.05, 0.1) is 18.8 Å². The van der Waals surface area contributed by atoms with Gasteiger partial charge in [0.1, 0.15) is 5.75 Å². The van der Waals surface area contributed by atoms with E-state index in [9.17, 15) is 0 Å². The van der Waals surface area contributed by atoms with E-state index in [1.54, 1.807) is 7.11 Å². The van der Waals surface area contributed by atoms with E-state index < -0.39 is 0 Å². The van der Waals surface area contributed by atoms with Gasteiger partial charge in [0.25, 0.3) is 0 Å². The minimum atomic E-state index is -0.153. The number of hydrogen-bond donors (Lipinski definition) is 0. The number of piperidine rings is 1. The molecule has 3 aromatic carbocycles. The third kappa shape index (κ3) is 3.29. The predicted octanol–water partition coefficient (Wildman–Crippen LogP) is 6.34. The molecule has 5 fully saturated rings. The number of likely N-dealkylation sites (tertiary alicyclic amines) is 2. The van der Waals surface area contributed by atoms with Crippen molar-refractivity contribution in [3.63, 3.8) is 0 Å². The van der Waals surface area contributed by atoms with E-state index in [2.05, 4.69) is 76.5 Å². The maximum absolute atomic E-state index is 7.60. The summed E-state index contributed by atoms with van der Waals surface area (Å²) in [5.41, 5.74) is 4.04. The first-order valence-corrected chi connectivity index (χ1v) is 15.9. The van der Waals surface area contributed by atoms with Gasteiger partial charge in [-0.2, -0.15) is 0 Å². The van der Waals surface area contributed by atoms with Crippen LogP contribution in [0.4, 0.5) is 0 Å². The van der Waals surface area contributed by atoms with E-state index in [0.29, 0.717) is 18.0 Å². The van der Waals surface area contributed by atoms with Gasteiger partial charge in [-0.15, -0.1) is 0 Å². The molecule has 41 heavy (non-hydrogen) atoms. The van der Waals surface area contributed by atoms with E-state index in [1.165, 1.54) is 42.4 Å². The highest BCUT2D eigenvalue weighted by Crippen LogP contribution is 2.71. The third-order valence-corrected chi connectivity index (χ3v) is 11.9. The van der Waals surface area contributed by atoms with Crippen LogP contribution < -0.4 is 9.47 Å².